The van der Waals surface area contributed by atoms with Gasteiger partial charge in [-0.05, 0) is 50.7 Å². The van der Waals surface area contributed by atoms with Gasteiger partial charge in [0.15, 0.2) is 0 Å². The minimum atomic E-state index is -0.325. The molecule has 1 fully saturated rings. The Bertz CT molecular complexity index is 643. The number of carbonyl (C=O) groups excluding carboxylic acids is 1. The smallest absolute Gasteiger partial charge is 0.267 e. The van der Waals surface area contributed by atoms with Gasteiger partial charge in [-0.15, -0.1) is 0 Å². The molecule has 4 nitrogen and oxygen atoms in total. The summed E-state index contributed by atoms with van der Waals surface area (Å²) < 4.78 is 0. The number of nitrogens with zero attached hydrogens (tertiary/aromatic N) is 2. The maximum atomic E-state index is 12.5. The molecule has 1 saturated heterocycles. The number of amides is 1. The molecule has 1 unspecified atom stereocenters. The number of carbonyl (C=O) groups is 1. The largest absolute Gasteiger partial charge is 0.373 e. The van der Waals surface area contributed by atoms with Gasteiger partial charge in [-0.1, -0.05) is 25.1 Å². The van der Waals surface area contributed by atoms with Crippen molar-refractivity contribution in [3.63, 3.8) is 0 Å². The molecule has 23 heavy (non-hydrogen) atoms. The third-order valence-corrected chi connectivity index (χ3v) is 4.49. The number of piperidine rings is 1. The van der Waals surface area contributed by atoms with Crippen molar-refractivity contribution in [2.75, 3.05) is 11.9 Å². The van der Waals surface area contributed by atoms with E-state index in [2.05, 4.69) is 30.1 Å². The molecule has 0 aliphatic carbocycles. The second kappa shape index (κ2) is 7.82. The predicted molar refractivity (Wildman–Crippen MR) is 92.9 cm³/mol. The zero-order valence-corrected chi connectivity index (χ0v) is 14.2. The Hall–Kier alpha value is -2.28. The van der Waals surface area contributed by atoms with Crippen LogP contribution in [0.15, 0.2) is 30.0 Å². The van der Waals surface area contributed by atoms with E-state index >= 15 is 0 Å². The zero-order chi connectivity index (χ0) is 16.8. The molecule has 1 aromatic carbocycles. The Labute approximate surface area is 138 Å². The van der Waals surface area contributed by atoms with Crippen molar-refractivity contribution in [3.8, 4) is 6.07 Å². The molecular weight excluding hydrogens is 286 g/mol. The highest BCUT2D eigenvalue weighted by Gasteiger charge is 2.19. The van der Waals surface area contributed by atoms with Gasteiger partial charge < -0.3 is 10.2 Å². The number of likely N-dealkylation sites (tertiary alicyclic amines) is 1. The van der Waals surface area contributed by atoms with E-state index in [1.807, 2.05) is 25.1 Å². The van der Waals surface area contributed by atoms with Crippen LogP contribution in [0, 0.1) is 18.3 Å². The molecule has 0 radical (unpaired) electrons. The number of para-hydroxylation sites is 1. The molecule has 2 rings (SSSR count). The third kappa shape index (κ3) is 4.13. The van der Waals surface area contributed by atoms with Gasteiger partial charge in [0.1, 0.15) is 11.6 Å². The summed E-state index contributed by atoms with van der Waals surface area (Å²) in [4.78, 5) is 14.6. The molecule has 1 aromatic rings. The van der Waals surface area contributed by atoms with Crippen LogP contribution in [0.5, 0.6) is 0 Å². The SMILES string of the molecule is CCc1cccc(C)c1NC(=O)/C(C#N)=C\N1CCCCC1C. The van der Waals surface area contributed by atoms with Gasteiger partial charge in [0.2, 0.25) is 0 Å². The van der Waals surface area contributed by atoms with E-state index in [1.165, 1.54) is 6.42 Å². The van der Waals surface area contributed by atoms with E-state index in [1.54, 1.807) is 6.20 Å². The van der Waals surface area contributed by atoms with Crippen LogP contribution in [0.3, 0.4) is 0 Å². The molecular formula is C19H25N3O. The molecule has 1 aliphatic heterocycles. The molecule has 0 spiro atoms. The van der Waals surface area contributed by atoms with Crippen LogP contribution in [0.4, 0.5) is 5.69 Å². The second-order valence-corrected chi connectivity index (χ2v) is 6.15. The highest BCUT2D eigenvalue weighted by molar-refractivity contribution is 6.07. The van der Waals surface area contributed by atoms with E-state index in [0.717, 1.165) is 42.6 Å². The number of rotatable bonds is 4. The quantitative estimate of drug-likeness (QED) is 0.680. The van der Waals surface area contributed by atoms with Crippen molar-refractivity contribution >= 4 is 11.6 Å². The summed E-state index contributed by atoms with van der Waals surface area (Å²) in [5.74, 6) is -0.325. The molecule has 4 heteroatoms. The van der Waals surface area contributed by atoms with Gasteiger partial charge in [-0.2, -0.15) is 5.26 Å². The van der Waals surface area contributed by atoms with Crippen molar-refractivity contribution in [2.24, 2.45) is 0 Å². The number of nitrogens with one attached hydrogen (secondary N) is 1. The van der Waals surface area contributed by atoms with Crippen LogP contribution in [0.25, 0.3) is 0 Å². The molecule has 1 atom stereocenters. The molecule has 1 aliphatic rings. The van der Waals surface area contributed by atoms with E-state index in [-0.39, 0.29) is 11.5 Å². The topological polar surface area (TPSA) is 56.1 Å². The maximum Gasteiger partial charge on any atom is 0.267 e. The summed E-state index contributed by atoms with van der Waals surface area (Å²) in [6, 6.07) is 8.39. The van der Waals surface area contributed by atoms with Crippen molar-refractivity contribution in [3.05, 3.63) is 41.1 Å². The van der Waals surface area contributed by atoms with Crippen molar-refractivity contribution < 1.29 is 4.79 Å². The minimum Gasteiger partial charge on any atom is -0.373 e. The standard InChI is InChI=1S/C19H25N3O/c1-4-16-10-7-8-14(2)18(16)21-19(23)17(12-20)13-22-11-6-5-9-15(22)3/h7-8,10,13,15H,4-6,9,11H2,1-3H3,(H,21,23)/b17-13-. The van der Waals surface area contributed by atoms with Gasteiger partial charge in [0.25, 0.3) is 5.91 Å². The van der Waals surface area contributed by atoms with Crippen molar-refractivity contribution in [1.82, 2.24) is 4.90 Å². The van der Waals surface area contributed by atoms with Gasteiger partial charge in [-0.3, -0.25) is 4.79 Å². The first-order valence-electron chi connectivity index (χ1n) is 8.34. The fourth-order valence-corrected chi connectivity index (χ4v) is 3.00. The van der Waals surface area contributed by atoms with Crippen LogP contribution in [-0.4, -0.2) is 23.4 Å². The van der Waals surface area contributed by atoms with Crippen LogP contribution >= 0.6 is 0 Å². The first-order chi connectivity index (χ1) is 11.1. The van der Waals surface area contributed by atoms with E-state index in [4.69, 9.17) is 0 Å². The van der Waals surface area contributed by atoms with E-state index in [9.17, 15) is 10.1 Å². The number of hydrogen-bond acceptors (Lipinski definition) is 3. The van der Waals surface area contributed by atoms with Gasteiger partial charge in [0, 0.05) is 24.5 Å². The first kappa shape index (κ1) is 17.1. The molecule has 1 amide bonds. The molecule has 1 N–H and O–H groups in total. The average Bonchev–Trinajstić information content (AvgIpc) is 2.55. The maximum absolute atomic E-state index is 12.5. The summed E-state index contributed by atoms with van der Waals surface area (Å²) in [5.41, 5.74) is 3.10. The molecule has 1 heterocycles. The predicted octanol–water partition coefficient (Wildman–Crippen LogP) is 3.78. The van der Waals surface area contributed by atoms with Gasteiger partial charge >= 0.3 is 0 Å². The normalized spacial score (nSPS) is 18.4. The number of hydrogen-bond donors (Lipinski definition) is 1. The highest BCUT2D eigenvalue weighted by atomic mass is 16.1. The van der Waals surface area contributed by atoms with Gasteiger partial charge in [-0.25, -0.2) is 0 Å². The Morgan fingerprint density at radius 1 is 1.48 bits per heavy atom. The Morgan fingerprint density at radius 2 is 2.26 bits per heavy atom. The van der Waals surface area contributed by atoms with Crippen LogP contribution in [-0.2, 0) is 11.2 Å². The lowest BCUT2D eigenvalue weighted by atomic mass is 10.0. The molecule has 0 aromatic heterocycles. The van der Waals surface area contributed by atoms with Gasteiger partial charge in [0.05, 0.1) is 0 Å². The monoisotopic (exact) mass is 311 g/mol. The fourth-order valence-electron chi connectivity index (χ4n) is 3.00. The summed E-state index contributed by atoms with van der Waals surface area (Å²) in [6.07, 6.45) is 5.99. The number of benzene rings is 1. The van der Waals surface area contributed by atoms with Crippen LogP contribution in [0.1, 0.15) is 44.2 Å². The fraction of sp³-hybridized carbons (Fsp3) is 0.474. The Balaban J connectivity index is 2.20. The average molecular weight is 311 g/mol. The van der Waals surface area contributed by atoms with E-state index in [0.29, 0.717) is 6.04 Å². The summed E-state index contributed by atoms with van der Waals surface area (Å²) >= 11 is 0. The lowest BCUT2D eigenvalue weighted by molar-refractivity contribution is -0.112. The summed E-state index contributed by atoms with van der Waals surface area (Å²) in [5, 5.41) is 12.3. The zero-order valence-electron chi connectivity index (χ0n) is 14.2. The van der Waals surface area contributed by atoms with E-state index < -0.39 is 0 Å². The number of nitriles is 1. The highest BCUT2D eigenvalue weighted by Crippen LogP contribution is 2.22. The van der Waals surface area contributed by atoms with Crippen molar-refractivity contribution in [2.45, 2.75) is 52.5 Å². The van der Waals surface area contributed by atoms with Crippen LogP contribution in [0.2, 0.25) is 0 Å². The lowest BCUT2D eigenvalue weighted by Crippen LogP contribution is -2.34. The third-order valence-electron chi connectivity index (χ3n) is 4.49. The summed E-state index contributed by atoms with van der Waals surface area (Å²) in [7, 11) is 0. The second-order valence-electron chi connectivity index (χ2n) is 6.15. The van der Waals surface area contributed by atoms with Crippen LogP contribution < -0.4 is 5.32 Å². The lowest BCUT2D eigenvalue weighted by Gasteiger charge is -2.32. The Kier molecular flexibility index (Phi) is 5.81. The molecule has 122 valence electrons. The summed E-state index contributed by atoms with van der Waals surface area (Å²) in [6.45, 7) is 7.07. The minimum absolute atomic E-state index is 0.170. The number of aryl methyl sites for hydroxylation is 2. The molecule has 0 bridgehead atoms. The number of anilines is 1. The molecule has 0 saturated carbocycles. The Morgan fingerprint density at radius 3 is 2.91 bits per heavy atom. The van der Waals surface area contributed by atoms with Crippen molar-refractivity contribution in [1.29, 1.82) is 5.26 Å². The first-order valence-corrected chi connectivity index (χ1v) is 8.34.